The van der Waals surface area contributed by atoms with Gasteiger partial charge in [-0.15, -0.1) is 0 Å². The third kappa shape index (κ3) is 5.65. The van der Waals surface area contributed by atoms with E-state index in [1.807, 2.05) is 24.3 Å². The molecule has 4 rings (SSSR count). The average Bonchev–Trinajstić information content (AvgIpc) is 2.83. The molecule has 0 N–H and O–H groups in total. The number of sulfone groups is 1. The molecule has 0 bridgehead atoms. The summed E-state index contributed by atoms with van der Waals surface area (Å²) in [6.07, 6.45) is 5.55. The van der Waals surface area contributed by atoms with Crippen LogP contribution >= 0.6 is 11.6 Å². The number of rotatable bonds is 7. The van der Waals surface area contributed by atoms with Gasteiger partial charge in [0.05, 0.1) is 10.6 Å². The zero-order valence-corrected chi connectivity index (χ0v) is 20.2. The van der Waals surface area contributed by atoms with Crippen molar-refractivity contribution in [3.63, 3.8) is 0 Å². The van der Waals surface area contributed by atoms with Gasteiger partial charge in [0, 0.05) is 55.7 Å². The number of benzene rings is 2. The molecule has 0 radical (unpaired) electrons. The number of carbonyl (C=O) groups is 1. The van der Waals surface area contributed by atoms with E-state index in [1.165, 1.54) is 0 Å². The second kappa shape index (κ2) is 10.1. The first-order valence-corrected chi connectivity index (χ1v) is 13.2. The molecule has 1 aliphatic heterocycles. The Morgan fingerprint density at radius 3 is 2.45 bits per heavy atom. The number of aromatic nitrogens is 1. The first kappa shape index (κ1) is 23.5. The van der Waals surface area contributed by atoms with Gasteiger partial charge in [-0.2, -0.15) is 0 Å². The number of amides is 1. The van der Waals surface area contributed by atoms with Gasteiger partial charge in [0.15, 0.2) is 9.84 Å². The number of carbonyl (C=O) groups excluding carboxylic acids is 1. The van der Waals surface area contributed by atoms with E-state index in [0.717, 1.165) is 42.4 Å². The Morgan fingerprint density at radius 1 is 1.06 bits per heavy atom. The van der Waals surface area contributed by atoms with Gasteiger partial charge in [0.25, 0.3) is 0 Å². The van der Waals surface area contributed by atoms with Crippen molar-refractivity contribution >= 4 is 43.8 Å². The molecular formula is C25H28ClN3O3S. The van der Waals surface area contributed by atoms with Crippen LogP contribution in [0.2, 0.25) is 5.02 Å². The van der Waals surface area contributed by atoms with E-state index in [9.17, 15) is 13.2 Å². The molecule has 1 aliphatic rings. The molecule has 174 valence electrons. The Kier molecular flexibility index (Phi) is 7.20. The molecule has 0 aliphatic carbocycles. The minimum atomic E-state index is -3.43. The van der Waals surface area contributed by atoms with Gasteiger partial charge in [0.1, 0.15) is 0 Å². The van der Waals surface area contributed by atoms with Crippen LogP contribution in [0.25, 0.3) is 10.8 Å². The summed E-state index contributed by atoms with van der Waals surface area (Å²) in [5.74, 6) is 0.0888. The number of pyridine rings is 1. The van der Waals surface area contributed by atoms with Crippen molar-refractivity contribution in [3.8, 4) is 0 Å². The molecule has 33 heavy (non-hydrogen) atoms. The van der Waals surface area contributed by atoms with Gasteiger partial charge in [-0.1, -0.05) is 23.7 Å². The van der Waals surface area contributed by atoms with Crippen molar-refractivity contribution in [2.75, 3.05) is 37.3 Å². The topological polar surface area (TPSA) is 70.6 Å². The molecule has 0 unspecified atom stereocenters. The monoisotopic (exact) mass is 485 g/mol. The third-order valence-electron chi connectivity index (χ3n) is 6.29. The highest BCUT2D eigenvalue weighted by molar-refractivity contribution is 7.91. The Labute approximate surface area is 200 Å². The molecule has 1 aromatic heterocycles. The molecule has 2 heterocycles. The zero-order valence-electron chi connectivity index (χ0n) is 18.7. The lowest BCUT2D eigenvalue weighted by atomic mass is 9.95. The van der Waals surface area contributed by atoms with Crippen molar-refractivity contribution in [2.24, 2.45) is 5.92 Å². The van der Waals surface area contributed by atoms with Gasteiger partial charge >= 0.3 is 0 Å². The molecular weight excluding hydrogens is 458 g/mol. The molecule has 0 saturated carbocycles. The van der Waals surface area contributed by atoms with E-state index in [0.29, 0.717) is 22.9 Å². The number of hydrogen-bond acceptors (Lipinski definition) is 5. The van der Waals surface area contributed by atoms with Crippen molar-refractivity contribution in [2.45, 2.75) is 24.2 Å². The van der Waals surface area contributed by atoms with Crippen molar-refractivity contribution in [3.05, 3.63) is 65.9 Å². The van der Waals surface area contributed by atoms with E-state index in [1.54, 1.807) is 48.6 Å². The SMILES string of the molecule is CN(CCCS(=O)(=O)c1ccc2cc(Cl)ccc2c1)C(=O)C1CCN(c2ccncc2)CC1. The minimum Gasteiger partial charge on any atom is -0.371 e. The molecule has 8 heteroatoms. The summed E-state index contributed by atoms with van der Waals surface area (Å²) >= 11 is 6.01. The molecule has 0 atom stereocenters. The minimum absolute atomic E-state index is 0.00417. The number of piperidine rings is 1. The molecule has 6 nitrogen and oxygen atoms in total. The fourth-order valence-electron chi connectivity index (χ4n) is 4.36. The number of hydrogen-bond donors (Lipinski definition) is 0. The predicted octanol–water partition coefficient (Wildman–Crippen LogP) is 4.43. The van der Waals surface area contributed by atoms with Crippen LogP contribution in [0.3, 0.4) is 0 Å². The maximum atomic E-state index is 12.9. The Bertz CT molecular complexity index is 1230. The van der Waals surface area contributed by atoms with Gasteiger partial charge in [0.2, 0.25) is 5.91 Å². The first-order chi connectivity index (χ1) is 15.8. The van der Waals surface area contributed by atoms with E-state index in [-0.39, 0.29) is 17.6 Å². The Hall–Kier alpha value is -2.64. The van der Waals surface area contributed by atoms with Gasteiger partial charge in [-0.25, -0.2) is 8.42 Å². The molecule has 2 aromatic carbocycles. The Morgan fingerprint density at radius 2 is 1.73 bits per heavy atom. The predicted molar refractivity (Wildman–Crippen MR) is 132 cm³/mol. The van der Waals surface area contributed by atoms with Crippen LogP contribution in [0.1, 0.15) is 19.3 Å². The summed E-state index contributed by atoms with van der Waals surface area (Å²) in [4.78, 5) is 21.2. The second-order valence-corrected chi connectivity index (χ2v) is 11.1. The maximum absolute atomic E-state index is 12.9. The largest absolute Gasteiger partial charge is 0.371 e. The number of fused-ring (bicyclic) bond motifs is 1. The highest BCUT2D eigenvalue weighted by Crippen LogP contribution is 2.25. The number of halogens is 1. The fraction of sp³-hybridized carbons (Fsp3) is 0.360. The van der Waals surface area contributed by atoms with Crippen LogP contribution in [-0.2, 0) is 14.6 Å². The standard InChI is InChI=1S/C25H28ClN3O3S/c1-28(25(30)19-9-14-29(15-10-19)23-7-11-27-12-8-23)13-2-16-33(31,32)24-6-4-20-17-22(26)5-3-21(20)18-24/h3-8,11-12,17-19H,2,9-10,13-16H2,1H3. The van der Waals surface area contributed by atoms with Crippen molar-refractivity contribution in [1.82, 2.24) is 9.88 Å². The van der Waals surface area contributed by atoms with E-state index in [4.69, 9.17) is 11.6 Å². The molecule has 1 fully saturated rings. The van der Waals surface area contributed by atoms with Crippen LogP contribution in [0.15, 0.2) is 65.8 Å². The molecule has 1 amide bonds. The molecule has 0 spiro atoms. The van der Waals surface area contributed by atoms with Crippen molar-refractivity contribution < 1.29 is 13.2 Å². The summed E-state index contributed by atoms with van der Waals surface area (Å²) in [5, 5.41) is 2.36. The summed E-state index contributed by atoms with van der Waals surface area (Å²) in [6.45, 7) is 2.08. The fourth-order valence-corrected chi connectivity index (χ4v) is 5.87. The van der Waals surface area contributed by atoms with Crippen LogP contribution in [0.4, 0.5) is 5.69 Å². The van der Waals surface area contributed by atoms with E-state index >= 15 is 0 Å². The molecule has 1 saturated heterocycles. The highest BCUT2D eigenvalue weighted by Gasteiger charge is 2.27. The van der Waals surface area contributed by atoms with Crippen molar-refractivity contribution in [1.29, 1.82) is 0 Å². The van der Waals surface area contributed by atoms with Crippen LogP contribution < -0.4 is 4.90 Å². The third-order valence-corrected chi connectivity index (χ3v) is 8.32. The Balaban J connectivity index is 1.28. The number of anilines is 1. The van der Waals surface area contributed by atoms with Crippen LogP contribution in [-0.4, -0.2) is 56.6 Å². The molecule has 3 aromatic rings. The maximum Gasteiger partial charge on any atom is 0.225 e. The van der Waals surface area contributed by atoms with Crippen LogP contribution in [0, 0.1) is 5.92 Å². The quantitative estimate of drug-likeness (QED) is 0.495. The van der Waals surface area contributed by atoms with E-state index in [2.05, 4.69) is 9.88 Å². The average molecular weight is 486 g/mol. The second-order valence-electron chi connectivity index (χ2n) is 8.55. The lowest BCUT2D eigenvalue weighted by Crippen LogP contribution is -2.41. The summed E-state index contributed by atoms with van der Waals surface area (Å²) in [5.41, 5.74) is 1.13. The summed E-state index contributed by atoms with van der Waals surface area (Å²) in [6, 6.07) is 14.5. The lowest BCUT2D eigenvalue weighted by Gasteiger charge is -2.34. The number of nitrogens with zero attached hydrogens (tertiary/aromatic N) is 3. The normalized spacial score (nSPS) is 15.0. The van der Waals surface area contributed by atoms with Gasteiger partial charge in [-0.3, -0.25) is 9.78 Å². The summed E-state index contributed by atoms with van der Waals surface area (Å²) < 4.78 is 25.7. The van der Waals surface area contributed by atoms with Gasteiger partial charge in [-0.05, 0) is 66.4 Å². The lowest BCUT2D eigenvalue weighted by molar-refractivity contribution is -0.134. The summed E-state index contributed by atoms with van der Waals surface area (Å²) in [7, 11) is -1.66. The van der Waals surface area contributed by atoms with Crippen LogP contribution in [0.5, 0.6) is 0 Å². The van der Waals surface area contributed by atoms with Gasteiger partial charge < -0.3 is 9.80 Å². The highest BCUT2D eigenvalue weighted by atomic mass is 35.5. The zero-order chi connectivity index (χ0) is 23.4. The first-order valence-electron chi connectivity index (χ1n) is 11.2. The van der Waals surface area contributed by atoms with E-state index < -0.39 is 9.84 Å². The smallest absolute Gasteiger partial charge is 0.225 e.